The first kappa shape index (κ1) is 27.5. The lowest BCUT2D eigenvalue weighted by Gasteiger charge is -2.42. The SMILES string of the molecule is CN1CCN(C2CCN(c3ccc(Nc4nc(NC5COC5)c(-c5ncnc6[nH]ccc56)nc4C(N)=O)cc3)CC2)CC1. The average Bonchev–Trinajstić information content (AvgIpc) is 3.49. The molecule has 3 fully saturated rings. The van der Waals surface area contributed by atoms with Crippen molar-refractivity contribution < 1.29 is 9.53 Å². The van der Waals surface area contributed by atoms with E-state index in [9.17, 15) is 4.79 Å². The van der Waals surface area contributed by atoms with Crippen molar-refractivity contribution in [3.05, 3.63) is 48.5 Å². The number of carbonyl (C=O) groups is 1. The number of hydrogen-bond donors (Lipinski definition) is 4. The summed E-state index contributed by atoms with van der Waals surface area (Å²) in [6.07, 6.45) is 5.60. The number of anilines is 4. The number of ether oxygens (including phenoxy) is 1. The first-order valence-electron chi connectivity index (χ1n) is 14.9. The molecule has 1 amide bonds. The molecule has 3 aliphatic rings. The summed E-state index contributed by atoms with van der Waals surface area (Å²) in [5, 5.41) is 7.45. The maximum atomic E-state index is 12.6. The molecule has 3 aromatic heterocycles. The number of likely N-dealkylation sites (N-methyl/N-ethyl adjacent to an activating group) is 1. The molecule has 5 N–H and O–H groups in total. The molecule has 3 saturated heterocycles. The van der Waals surface area contributed by atoms with Crippen LogP contribution in [0.3, 0.4) is 0 Å². The van der Waals surface area contributed by atoms with E-state index in [-0.39, 0.29) is 17.6 Å². The number of rotatable bonds is 8. The summed E-state index contributed by atoms with van der Waals surface area (Å²) in [5.74, 6) is 0.0786. The number of hydrogen-bond acceptors (Lipinski definition) is 11. The van der Waals surface area contributed by atoms with Crippen LogP contribution in [0.25, 0.3) is 22.4 Å². The second-order valence-electron chi connectivity index (χ2n) is 11.6. The number of nitrogens with two attached hydrogens (primary N) is 1. The van der Waals surface area contributed by atoms with E-state index in [2.05, 4.69) is 59.5 Å². The highest BCUT2D eigenvalue weighted by Gasteiger charge is 2.28. The topological polar surface area (TPSA) is 153 Å². The van der Waals surface area contributed by atoms with Gasteiger partial charge in [-0.15, -0.1) is 0 Å². The van der Waals surface area contributed by atoms with Crippen LogP contribution >= 0.6 is 0 Å². The van der Waals surface area contributed by atoms with Gasteiger partial charge in [-0.1, -0.05) is 0 Å². The van der Waals surface area contributed by atoms with Gasteiger partial charge in [0.15, 0.2) is 17.3 Å². The van der Waals surface area contributed by atoms with Crippen LogP contribution in [0.1, 0.15) is 23.3 Å². The van der Waals surface area contributed by atoms with Crippen LogP contribution < -0.4 is 21.3 Å². The number of aromatic nitrogens is 5. The van der Waals surface area contributed by atoms with Crippen LogP contribution in [0, 0.1) is 0 Å². The third-order valence-electron chi connectivity index (χ3n) is 8.70. The second-order valence-corrected chi connectivity index (χ2v) is 11.6. The number of benzene rings is 1. The number of nitrogens with one attached hydrogen (secondary N) is 3. The van der Waals surface area contributed by atoms with Crippen molar-refractivity contribution in [1.82, 2.24) is 34.7 Å². The summed E-state index contributed by atoms with van der Waals surface area (Å²) >= 11 is 0. The minimum atomic E-state index is -0.686. The van der Waals surface area contributed by atoms with Crippen LogP contribution in [0.5, 0.6) is 0 Å². The Bertz CT molecular complexity index is 1590. The van der Waals surface area contributed by atoms with Crippen molar-refractivity contribution in [3.63, 3.8) is 0 Å². The molecule has 0 aliphatic carbocycles. The van der Waals surface area contributed by atoms with Gasteiger partial charge in [-0.25, -0.2) is 19.9 Å². The molecule has 0 radical (unpaired) electrons. The number of piperidine rings is 1. The summed E-state index contributed by atoms with van der Waals surface area (Å²) in [5.41, 5.74) is 9.46. The van der Waals surface area contributed by atoms with Crippen molar-refractivity contribution >= 4 is 40.0 Å². The Kier molecular flexibility index (Phi) is 7.51. The average molecular weight is 584 g/mol. The predicted molar refractivity (Wildman–Crippen MR) is 166 cm³/mol. The molecule has 0 unspecified atom stereocenters. The van der Waals surface area contributed by atoms with Gasteiger partial charge in [0.1, 0.15) is 23.4 Å². The van der Waals surface area contributed by atoms with Crippen LogP contribution in [0.15, 0.2) is 42.9 Å². The van der Waals surface area contributed by atoms with Gasteiger partial charge in [-0.05, 0) is 50.2 Å². The van der Waals surface area contributed by atoms with Gasteiger partial charge in [0.05, 0.1) is 19.3 Å². The molecule has 3 aliphatic heterocycles. The van der Waals surface area contributed by atoms with Crippen LogP contribution in [-0.4, -0.2) is 112 Å². The van der Waals surface area contributed by atoms with E-state index >= 15 is 0 Å². The summed E-state index contributed by atoms with van der Waals surface area (Å²) < 4.78 is 5.36. The fraction of sp³-hybridized carbons (Fsp3) is 0.433. The summed E-state index contributed by atoms with van der Waals surface area (Å²) in [6, 6.07) is 10.8. The molecule has 0 bridgehead atoms. The molecule has 0 atom stereocenters. The highest BCUT2D eigenvalue weighted by molar-refractivity contribution is 5.99. The van der Waals surface area contributed by atoms with Crippen LogP contribution in [0.2, 0.25) is 0 Å². The molecule has 0 spiro atoms. The molecule has 1 aromatic carbocycles. The van der Waals surface area contributed by atoms with E-state index < -0.39 is 5.91 Å². The largest absolute Gasteiger partial charge is 0.377 e. The van der Waals surface area contributed by atoms with E-state index in [1.54, 1.807) is 6.20 Å². The van der Waals surface area contributed by atoms with Crippen molar-refractivity contribution in [2.24, 2.45) is 5.73 Å². The van der Waals surface area contributed by atoms with E-state index in [1.165, 1.54) is 37.9 Å². The zero-order chi connectivity index (χ0) is 29.3. The quantitative estimate of drug-likeness (QED) is 0.242. The Morgan fingerprint density at radius 2 is 1.72 bits per heavy atom. The van der Waals surface area contributed by atoms with Crippen LogP contribution in [-0.2, 0) is 4.74 Å². The Hall–Kier alpha value is -4.33. The minimum Gasteiger partial charge on any atom is -0.377 e. The third kappa shape index (κ3) is 5.70. The Morgan fingerprint density at radius 1 is 0.953 bits per heavy atom. The Balaban J connectivity index is 1.11. The summed E-state index contributed by atoms with van der Waals surface area (Å²) in [6.45, 7) is 7.84. The first-order chi connectivity index (χ1) is 21.0. The number of carbonyl (C=O) groups excluding carboxylic acids is 1. The summed E-state index contributed by atoms with van der Waals surface area (Å²) in [4.78, 5) is 41.5. The normalized spacial score (nSPS) is 19.0. The Labute approximate surface area is 249 Å². The standard InChI is InChI=1S/C30H37N11O2/c1-39-12-14-41(15-13-39)22-7-10-40(11-8-22)21-4-2-19(3-5-21)35-30-26(27(31)42)37-25(29(38-30)36-20-16-43-17-20)24-23-6-9-32-28(23)34-18-33-24/h2-6,9,18,20,22H,7-8,10-17H2,1H3,(H2,31,42)(H,32,33,34)(H2,35,36,38). The maximum absolute atomic E-state index is 12.6. The Morgan fingerprint density at radius 3 is 2.42 bits per heavy atom. The molecule has 7 rings (SSSR count). The summed E-state index contributed by atoms with van der Waals surface area (Å²) in [7, 11) is 2.20. The smallest absolute Gasteiger partial charge is 0.271 e. The molecule has 6 heterocycles. The van der Waals surface area contributed by atoms with Gasteiger partial charge in [-0.3, -0.25) is 9.69 Å². The van der Waals surface area contributed by atoms with Crippen molar-refractivity contribution in [3.8, 4) is 11.4 Å². The number of fused-ring (bicyclic) bond motifs is 1. The van der Waals surface area contributed by atoms with Crippen molar-refractivity contribution in [2.75, 3.05) is 75.1 Å². The lowest BCUT2D eigenvalue weighted by molar-refractivity contribution is 0.0209. The highest BCUT2D eigenvalue weighted by Crippen LogP contribution is 2.33. The fourth-order valence-electron chi connectivity index (χ4n) is 6.10. The maximum Gasteiger partial charge on any atom is 0.271 e. The van der Waals surface area contributed by atoms with Gasteiger partial charge in [-0.2, -0.15) is 0 Å². The number of nitrogens with zero attached hydrogens (tertiary/aromatic N) is 7. The predicted octanol–water partition coefficient (Wildman–Crippen LogP) is 2.28. The minimum absolute atomic E-state index is 0.0303. The molecule has 13 nitrogen and oxygen atoms in total. The van der Waals surface area contributed by atoms with E-state index in [1.807, 2.05) is 18.2 Å². The van der Waals surface area contributed by atoms with E-state index in [4.69, 9.17) is 20.4 Å². The highest BCUT2D eigenvalue weighted by atomic mass is 16.5. The van der Waals surface area contributed by atoms with Crippen molar-refractivity contribution in [1.29, 1.82) is 0 Å². The fourth-order valence-corrected chi connectivity index (χ4v) is 6.10. The van der Waals surface area contributed by atoms with Gasteiger partial charge < -0.3 is 35.9 Å². The molecule has 13 heteroatoms. The lowest BCUT2D eigenvalue weighted by atomic mass is 10.0. The van der Waals surface area contributed by atoms with Crippen molar-refractivity contribution in [2.45, 2.75) is 24.9 Å². The van der Waals surface area contributed by atoms with Gasteiger partial charge in [0.25, 0.3) is 5.91 Å². The molecule has 43 heavy (non-hydrogen) atoms. The monoisotopic (exact) mass is 583 g/mol. The third-order valence-corrected chi connectivity index (χ3v) is 8.70. The molecular weight excluding hydrogens is 546 g/mol. The van der Waals surface area contributed by atoms with E-state index in [0.29, 0.717) is 42.1 Å². The number of aromatic amines is 1. The molecule has 4 aromatic rings. The van der Waals surface area contributed by atoms with Crippen LogP contribution in [0.4, 0.5) is 23.0 Å². The van der Waals surface area contributed by atoms with Gasteiger partial charge >= 0.3 is 0 Å². The van der Waals surface area contributed by atoms with Gasteiger partial charge in [0, 0.05) is 68.3 Å². The molecular formula is C30H37N11O2. The number of amides is 1. The van der Waals surface area contributed by atoms with Gasteiger partial charge in [0.2, 0.25) is 0 Å². The second kappa shape index (κ2) is 11.7. The zero-order valence-electron chi connectivity index (χ0n) is 24.3. The number of primary amides is 1. The number of piperazine rings is 1. The number of H-pyrrole nitrogens is 1. The first-order valence-corrected chi connectivity index (χ1v) is 14.9. The zero-order valence-corrected chi connectivity index (χ0v) is 24.3. The lowest BCUT2D eigenvalue weighted by Crippen LogP contribution is -2.52. The van der Waals surface area contributed by atoms with E-state index in [0.717, 1.165) is 37.3 Å². The molecule has 0 saturated carbocycles. The molecule has 224 valence electrons.